The van der Waals surface area contributed by atoms with E-state index in [-0.39, 0.29) is 18.4 Å². The molecule has 1 atom stereocenters. The summed E-state index contributed by atoms with van der Waals surface area (Å²) in [5, 5.41) is 21.4. The number of hydrogen-bond donors (Lipinski definition) is 3. The third kappa shape index (κ3) is 3.42. The van der Waals surface area contributed by atoms with Gasteiger partial charge in [-0.3, -0.25) is 0 Å². The first-order valence-electron chi connectivity index (χ1n) is 4.87. The van der Waals surface area contributed by atoms with Crippen LogP contribution in [0.15, 0.2) is 18.2 Å². The second kappa shape index (κ2) is 5.58. The first-order valence-corrected chi connectivity index (χ1v) is 4.87. The van der Waals surface area contributed by atoms with Crippen molar-refractivity contribution < 1.29 is 14.9 Å². The molecule has 1 aromatic rings. The van der Waals surface area contributed by atoms with E-state index in [1.807, 2.05) is 13.0 Å². The van der Waals surface area contributed by atoms with Crippen molar-refractivity contribution in [2.45, 2.75) is 19.5 Å². The molecule has 0 amide bonds. The molecule has 0 aliphatic rings. The Balaban J connectivity index is 2.59. The number of aliphatic hydroxyl groups is 1. The molecular formula is C11H17NO3. The highest BCUT2D eigenvalue weighted by molar-refractivity contribution is 5.41. The van der Waals surface area contributed by atoms with Crippen molar-refractivity contribution in [3.8, 4) is 11.5 Å². The van der Waals surface area contributed by atoms with E-state index in [0.29, 0.717) is 12.3 Å². The van der Waals surface area contributed by atoms with E-state index < -0.39 is 0 Å². The van der Waals surface area contributed by atoms with Crippen molar-refractivity contribution in [1.82, 2.24) is 5.32 Å². The number of phenols is 1. The minimum Gasteiger partial charge on any atom is -0.504 e. The summed E-state index contributed by atoms with van der Waals surface area (Å²) in [6.45, 7) is 2.60. The van der Waals surface area contributed by atoms with Crippen LogP contribution >= 0.6 is 0 Å². The van der Waals surface area contributed by atoms with Gasteiger partial charge in [-0.2, -0.15) is 0 Å². The van der Waals surface area contributed by atoms with E-state index in [9.17, 15) is 5.11 Å². The second-order valence-corrected chi connectivity index (χ2v) is 3.47. The Labute approximate surface area is 89.5 Å². The van der Waals surface area contributed by atoms with Gasteiger partial charge in [-0.15, -0.1) is 0 Å². The highest BCUT2D eigenvalue weighted by atomic mass is 16.5. The summed E-state index contributed by atoms with van der Waals surface area (Å²) in [5.41, 5.74) is 0.952. The largest absolute Gasteiger partial charge is 0.504 e. The van der Waals surface area contributed by atoms with Crippen LogP contribution in [0.1, 0.15) is 12.5 Å². The maximum absolute atomic E-state index is 9.51. The van der Waals surface area contributed by atoms with Crippen LogP contribution in [0.5, 0.6) is 11.5 Å². The molecule has 0 aliphatic heterocycles. The van der Waals surface area contributed by atoms with Gasteiger partial charge in [0.15, 0.2) is 11.5 Å². The molecule has 0 unspecified atom stereocenters. The molecule has 84 valence electrons. The fraction of sp³-hybridized carbons (Fsp3) is 0.455. The number of aromatic hydroxyl groups is 1. The van der Waals surface area contributed by atoms with E-state index in [2.05, 4.69) is 5.32 Å². The predicted molar refractivity (Wildman–Crippen MR) is 58.0 cm³/mol. The van der Waals surface area contributed by atoms with E-state index in [4.69, 9.17) is 9.84 Å². The van der Waals surface area contributed by atoms with E-state index in [0.717, 1.165) is 5.56 Å². The molecule has 3 N–H and O–H groups in total. The predicted octanol–water partition coefficient (Wildman–Crippen LogP) is 0.871. The molecule has 15 heavy (non-hydrogen) atoms. The normalized spacial score (nSPS) is 12.5. The monoisotopic (exact) mass is 211 g/mol. The van der Waals surface area contributed by atoms with Gasteiger partial charge in [0, 0.05) is 12.6 Å². The molecule has 0 fully saturated rings. The smallest absolute Gasteiger partial charge is 0.160 e. The number of phenolic OH excluding ortho intramolecular Hbond substituents is 1. The summed E-state index contributed by atoms with van der Waals surface area (Å²) >= 11 is 0. The molecule has 0 saturated heterocycles. The van der Waals surface area contributed by atoms with Gasteiger partial charge in [-0.1, -0.05) is 6.07 Å². The van der Waals surface area contributed by atoms with Gasteiger partial charge < -0.3 is 20.3 Å². The first-order chi connectivity index (χ1) is 7.17. The lowest BCUT2D eigenvalue weighted by molar-refractivity contribution is 0.251. The highest BCUT2D eigenvalue weighted by Crippen LogP contribution is 2.25. The molecule has 0 radical (unpaired) electrons. The average molecular weight is 211 g/mol. The molecule has 1 rings (SSSR count). The second-order valence-electron chi connectivity index (χ2n) is 3.47. The van der Waals surface area contributed by atoms with E-state index >= 15 is 0 Å². The molecule has 0 heterocycles. The number of nitrogens with one attached hydrogen (secondary N) is 1. The van der Waals surface area contributed by atoms with Crippen molar-refractivity contribution in [3.63, 3.8) is 0 Å². The lowest BCUT2D eigenvalue weighted by Crippen LogP contribution is -2.28. The SMILES string of the molecule is COc1ccc(CN[C@@H](C)CO)cc1O. The summed E-state index contributed by atoms with van der Waals surface area (Å²) < 4.78 is 4.94. The maximum atomic E-state index is 9.51. The Morgan fingerprint density at radius 2 is 2.20 bits per heavy atom. The van der Waals surface area contributed by atoms with Crippen LogP contribution in [0.4, 0.5) is 0 Å². The van der Waals surface area contributed by atoms with Gasteiger partial charge in [-0.25, -0.2) is 0 Å². The number of rotatable bonds is 5. The summed E-state index contributed by atoms with van der Waals surface area (Å²) in [5.74, 6) is 0.599. The standard InChI is InChI=1S/C11H17NO3/c1-8(7-13)12-6-9-3-4-11(15-2)10(14)5-9/h3-5,8,12-14H,6-7H2,1-2H3/t8-/m0/s1. The van der Waals surface area contributed by atoms with Gasteiger partial charge in [0.1, 0.15) is 0 Å². The molecule has 0 spiro atoms. The van der Waals surface area contributed by atoms with Crippen LogP contribution in [0.2, 0.25) is 0 Å². The van der Waals surface area contributed by atoms with Crippen molar-refractivity contribution in [2.75, 3.05) is 13.7 Å². The van der Waals surface area contributed by atoms with Gasteiger partial charge in [0.2, 0.25) is 0 Å². The Hall–Kier alpha value is -1.26. The molecule has 1 aromatic carbocycles. The first kappa shape index (κ1) is 11.8. The fourth-order valence-corrected chi connectivity index (χ4v) is 1.20. The topological polar surface area (TPSA) is 61.7 Å². The van der Waals surface area contributed by atoms with Crippen LogP contribution in [-0.2, 0) is 6.54 Å². The lowest BCUT2D eigenvalue weighted by Gasteiger charge is -2.11. The Morgan fingerprint density at radius 3 is 2.73 bits per heavy atom. The third-order valence-corrected chi connectivity index (χ3v) is 2.17. The Kier molecular flexibility index (Phi) is 4.39. The summed E-state index contributed by atoms with van der Waals surface area (Å²) in [6.07, 6.45) is 0. The summed E-state index contributed by atoms with van der Waals surface area (Å²) in [7, 11) is 1.51. The minimum atomic E-state index is 0.0502. The van der Waals surface area contributed by atoms with Crippen molar-refractivity contribution >= 4 is 0 Å². The molecule has 4 heteroatoms. The van der Waals surface area contributed by atoms with Crippen LogP contribution in [0, 0.1) is 0 Å². The Morgan fingerprint density at radius 1 is 1.47 bits per heavy atom. The molecule has 0 bridgehead atoms. The maximum Gasteiger partial charge on any atom is 0.160 e. The molecule has 4 nitrogen and oxygen atoms in total. The number of benzene rings is 1. The number of hydrogen-bond acceptors (Lipinski definition) is 4. The zero-order valence-corrected chi connectivity index (χ0v) is 9.03. The van der Waals surface area contributed by atoms with Crippen LogP contribution in [0.25, 0.3) is 0 Å². The van der Waals surface area contributed by atoms with Gasteiger partial charge in [0.05, 0.1) is 13.7 Å². The molecular weight excluding hydrogens is 194 g/mol. The van der Waals surface area contributed by atoms with Crippen LogP contribution in [-0.4, -0.2) is 30.0 Å². The Bertz CT molecular complexity index is 315. The summed E-state index contributed by atoms with van der Waals surface area (Å²) in [6, 6.07) is 5.29. The summed E-state index contributed by atoms with van der Waals surface area (Å²) in [4.78, 5) is 0. The highest BCUT2D eigenvalue weighted by Gasteiger charge is 2.03. The minimum absolute atomic E-state index is 0.0502. The van der Waals surface area contributed by atoms with Gasteiger partial charge in [0.25, 0.3) is 0 Å². The molecule has 0 aliphatic carbocycles. The van der Waals surface area contributed by atoms with E-state index in [1.54, 1.807) is 12.1 Å². The molecule has 0 saturated carbocycles. The average Bonchev–Trinajstić information content (AvgIpc) is 2.26. The van der Waals surface area contributed by atoms with E-state index in [1.165, 1.54) is 7.11 Å². The molecule has 0 aromatic heterocycles. The van der Waals surface area contributed by atoms with Crippen molar-refractivity contribution in [3.05, 3.63) is 23.8 Å². The number of ether oxygens (including phenoxy) is 1. The quantitative estimate of drug-likeness (QED) is 0.676. The number of methoxy groups -OCH3 is 1. The number of aliphatic hydroxyl groups excluding tert-OH is 1. The lowest BCUT2D eigenvalue weighted by atomic mass is 10.2. The van der Waals surface area contributed by atoms with Gasteiger partial charge in [-0.05, 0) is 24.6 Å². The van der Waals surface area contributed by atoms with Crippen molar-refractivity contribution in [1.29, 1.82) is 0 Å². The zero-order valence-electron chi connectivity index (χ0n) is 9.03. The van der Waals surface area contributed by atoms with Crippen LogP contribution in [0.3, 0.4) is 0 Å². The van der Waals surface area contributed by atoms with Crippen LogP contribution < -0.4 is 10.1 Å². The van der Waals surface area contributed by atoms with Gasteiger partial charge >= 0.3 is 0 Å². The van der Waals surface area contributed by atoms with Crippen molar-refractivity contribution in [2.24, 2.45) is 0 Å². The zero-order chi connectivity index (χ0) is 11.3. The third-order valence-electron chi connectivity index (χ3n) is 2.17. The fourth-order valence-electron chi connectivity index (χ4n) is 1.20.